The van der Waals surface area contributed by atoms with E-state index in [1.807, 2.05) is 0 Å². The second kappa shape index (κ2) is 4.02. The zero-order chi connectivity index (χ0) is 10.0. The molecule has 0 unspecified atom stereocenters. The van der Waals surface area contributed by atoms with E-state index in [4.69, 9.17) is 16.7 Å². The molecule has 0 saturated carbocycles. The van der Waals surface area contributed by atoms with E-state index < -0.39 is 5.97 Å². The fourth-order valence-corrected chi connectivity index (χ4v) is 1.73. The molecule has 0 aliphatic carbocycles. The number of hydrogen-bond donors (Lipinski definition) is 1. The molecule has 4 nitrogen and oxygen atoms in total. The molecule has 0 saturated heterocycles. The first-order chi connectivity index (χ1) is 6.07. The highest BCUT2D eigenvalue weighted by Gasteiger charge is 2.24. The van der Waals surface area contributed by atoms with Crippen molar-refractivity contribution in [2.45, 2.75) is 6.92 Å². The van der Waals surface area contributed by atoms with Gasteiger partial charge in [-0.25, -0.2) is 4.79 Å². The molecule has 0 fully saturated rings. The van der Waals surface area contributed by atoms with Crippen LogP contribution in [0.15, 0.2) is 16.3 Å². The van der Waals surface area contributed by atoms with Crippen LogP contribution in [0.2, 0.25) is 0 Å². The van der Waals surface area contributed by atoms with Gasteiger partial charge in [-0.1, -0.05) is 23.5 Å². The molecule has 0 bridgehead atoms. The molecule has 0 aromatic carbocycles. The van der Waals surface area contributed by atoms with Crippen LogP contribution in [0.5, 0.6) is 0 Å². The van der Waals surface area contributed by atoms with Crippen LogP contribution in [0.25, 0.3) is 0 Å². The summed E-state index contributed by atoms with van der Waals surface area (Å²) >= 11 is 7.04. The van der Waals surface area contributed by atoms with E-state index in [0.717, 1.165) is 0 Å². The number of carboxylic acid groups (broad SMARTS) is 1. The lowest BCUT2D eigenvalue weighted by atomic mass is 10.2. The van der Waals surface area contributed by atoms with Crippen molar-refractivity contribution in [1.29, 1.82) is 0 Å². The lowest BCUT2D eigenvalue weighted by Gasteiger charge is -2.24. The Hall–Kier alpha value is -0.680. The monoisotopic (exact) mass is 220 g/mol. The van der Waals surface area contributed by atoms with E-state index >= 15 is 0 Å². The molecule has 72 valence electrons. The molecular weight excluding hydrogens is 212 g/mol. The molecule has 1 heterocycles. The fraction of sp³-hybridized carbons (Fsp3) is 0.429. The molecule has 13 heavy (non-hydrogen) atoms. The molecule has 0 atom stereocenters. The number of hydrogen-bond acceptors (Lipinski definition) is 4. The molecule has 1 N–H and O–H groups in total. The highest BCUT2D eigenvalue weighted by atomic mass is 35.5. The summed E-state index contributed by atoms with van der Waals surface area (Å²) in [6.45, 7) is 1.94. The predicted octanol–water partition coefficient (Wildman–Crippen LogP) is 1.53. The van der Waals surface area contributed by atoms with E-state index in [9.17, 15) is 4.79 Å². The van der Waals surface area contributed by atoms with Gasteiger partial charge >= 0.3 is 5.97 Å². The summed E-state index contributed by atoms with van der Waals surface area (Å²) in [7, 11) is 0. The Morgan fingerprint density at radius 1 is 1.77 bits per heavy atom. The largest absolute Gasteiger partial charge is 0.477 e. The Bertz CT molecular complexity index is 301. The molecule has 0 spiro atoms. The maximum absolute atomic E-state index is 10.9. The fourth-order valence-electron chi connectivity index (χ4n) is 1.02. The van der Waals surface area contributed by atoms with Crippen LogP contribution in [0.1, 0.15) is 6.92 Å². The highest BCUT2D eigenvalue weighted by molar-refractivity contribution is 7.96. The van der Waals surface area contributed by atoms with Crippen molar-refractivity contribution in [3.63, 3.8) is 0 Å². The van der Waals surface area contributed by atoms with Gasteiger partial charge in [0.15, 0.2) is 0 Å². The van der Waals surface area contributed by atoms with Gasteiger partial charge in [-0.05, 0) is 6.92 Å². The minimum absolute atomic E-state index is 0.215. The number of carboxylic acids is 1. The van der Waals surface area contributed by atoms with Gasteiger partial charge in [-0.2, -0.15) is 0 Å². The number of aliphatic imine (C=N–C) groups is 1. The SMILES string of the molecule is CSN1CN=C(Cl)C(C)=C1C(=O)O. The summed E-state index contributed by atoms with van der Waals surface area (Å²) in [4.78, 5) is 14.8. The molecule has 0 aromatic heterocycles. The average molecular weight is 221 g/mol. The first-order valence-corrected chi connectivity index (χ1v) is 5.10. The van der Waals surface area contributed by atoms with Crippen LogP contribution in [0.3, 0.4) is 0 Å². The summed E-state index contributed by atoms with van der Waals surface area (Å²) in [5.74, 6) is -0.972. The molecule has 0 radical (unpaired) electrons. The Kier molecular flexibility index (Phi) is 3.22. The van der Waals surface area contributed by atoms with Crippen LogP contribution in [0.4, 0.5) is 0 Å². The van der Waals surface area contributed by atoms with Gasteiger partial charge in [-0.15, -0.1) is 0 Å². The van der Waals surface area contributed by atoms with Gasteiger partial charge in [0.05, 0.1) is 0 Å². The lowest BCUT2D eigenvalue weighted by molar-refractivity contribution is -0.133. The van der Waals surface area contributed by atoms with Crippen molar-refractivity contribution in [3.8, 4) is 0 Å². The summed E-state index contributed by atoms with van der Waals surface area (Å²) < 4.78 is 1.59. The number of allylic oxidation sites excluding steroid dienone is 1. The highest BCUT2D eigenvalue weighted by Crippen LogP contribution is 2.24. The van der Waals surface area contributed by atoms with Crippen molar-refractivity contribution < 1.29 is 9.90 Å². The topological polar surface area (TPSA) is 52.9 Å². The number of rotatable bonds is 2. The summed E-state index contributed by atoms with van der Waals surface area (Å²) in [5, 5.41) is 9.18. The lowest BCUT2D eigenvalue weighted by Crippen LogP contribution is -2.27. The second-order valence-electron chi connectivity index (χ2n) is 2.43. The predicted molar refractivity (Wildman–Crippen MR) is 53.8 cm³/mol. The molecule has 1 rings (SSSR count). The second-order valence-corrected chi connectivity index (χ2v) is 3.59. The zero-order valence-electron chi connectivity index (χ0n) is 7.24. The van der Waals surface area contributed by atoms with Gasteiger partial charge in [0, 0.05) is 11.8 Å². The van der Waals surface area contributed by atoms with Crippen molar-refractivity contribution in [2.24, 2.45) is 4.99 Å². The number of carbonyl (C=O) groups is 1. The van der Waals surface area contributed by atoms with E-state index in [-0.39, 0.29) is 10.9 Å². The average Bonchev–Trinajstić information content (AvgIpc) is 2.08. The van der Waals surface area contributed by atoms with Crippen LogP contribution in [0, 0.1) is 0 Å². The molecule has 1 aliphatic rings. The van der Waals surface area contributed by atoms with Crippen molar-refractivity contribution in [1.82, 2.24) is 4.31 Å². The van der Waals surface area contributed by atoms with Crippen LogP contribution in [-0.4, -0.2) is 33.5 Å². The standard InChI is InChI=1S/C7H9ClN2O2S/c1-4-5(7(11)12)10(13-2)3-9-6(4)8/h3H2,1-2H3,(H,11,12). The summed E-state index contributed by atoms with van der Waals surface area (Å²) in [6.07, 6.45) is 1.80. The van der Waals surface area contributed by atoms with E-state index in [1.165, 1.54) is 11.9 Å². The van der Waals surface area contributed by atoms with Gasteiger partial charge in [0.25, 0.3) is 0 Å². The maximum atomic E-state index is 10.9. The van der Waals surface area contributed by atoms with E-state index in [0.29, 0.717) is 12.2 Å². The smallest absolute Gasteiger partial charge is 0.353 e. The number of aliphatic carboxylic acids is 1. The summed E-state index contributed by atoms with van der Waals surface area (Å²) in [6, 6.07) is 0. The van der Waals surface area contributed by atoms with Crippen LogP contribution < -0.4 is 0 Å². The maximum Gasteiger partial charge on any atom is 0.353 e. The first kappa shape index (κ1) is 10.4. The molecule has 0 amide bonds. The third-order valence-corrected chi connectivity index (χ3v) is 2.82. The van der Waals surface area contributed by atoms with Crippen LogP contribution >= 0.6 is 23.5 Å². The minimum atomic E-state index is -0.972. The third-order valence-electron chi connectivity index (χ3n) is 1.67. The van der Waals surface area contributed by atoms with Gasteiger partial charge < -0.3 is 5.11 Å². The van der Waals surface area contributed by atoms with E-state index in [2.05, 4.69) is 4.99 Å². The van der Waals surface area contributed by atoms with Gasteiger partial charge in [0.2, 0.25) is 0 Å². The molecule has 1 aliphatic heterocycles. The van der Waals surface area contributed by atoms with Crippen molar-refractivity contribution in [2.75, 3.05) is 12.9 Å². The Morgan fingerprint density at radius 3 is 2.85 bits per heavy atom. The summed E-state index contributed by atoms with van der Waals surface area (Å²) in [5.41, 5.74) is 0.724. The number of nitrogens with zero attached hydrogens (tertiary/aromatic N) is 2. The number of halogens is 1. The molecule has 6 heteroatoms. The normalized spacial score (nSPS) is 17.5. The Balaban J connectivity index is 3.09. The Labute approximate surface area is 85.4 Å². The van der Waals surface area contributed by atoms with E-state index in [1.54, 1.807) is 17.5 Å². The zero-order valence-corrected chi connectivity index (χ0v) is 8.82. The van der Waals surface area contributed by atoms with Crippen molar-refractivity contribution >= 4 is 34.7 Å². The minimum Gasteiger partial charge on any atom is -0.477 e. The molecular formula is C7H9ClN2O2S. The Morgan fingerprint density at radius 2 is 2.38 bits per heavy atom. The van der Waals surface area contributed by atoms with Crippen LogP contribution in [-0.2, 0) is 4.79 Å². The molecule has 0 aromatic rings. The van der Waals surface area contributed by atoms with Crippen molar-refractivity contribution in [3.05, 3.63) is 11.3 Å². The third kappa shape index (κ3) is 1.97. The first-order valence-electron chi connectivity index (χ1n) is 3.54. The van der Waals surface area contributed by atoms with Gasteiger partial charge in [0.1, 0.15) is 17.5 Å². The van der Waals surface area contributed by atoms with Gasteiger partial charge in [-0.3, -0.25) is 9.30 Å². The quantitative estimate of drug-likeness (QED) is 0.718.